The van der Waals surface area contributed by atoms with Crippen molar-refractivity contribution in [3.05, 3.63) is 104 Å². The Bertz CT molecular complexity index is 1250. The van der Waals surface area contributed by atoms with Gasteiger partial charge in [-0.1, -0.05) is 71.8 Å². The zero-order chi connectivity index (χ0) is 22.2. The molecule has 0 saturated carbocycles. The molecule has 0 amide bonds. The Morgan fingerprint density at radius 1 is 1.12 bits per heavy atom. The molecule has 0 atom stereocenters. The van der Waals surface area contributed by atoms with E-state index in [9.17, 15) is 4.39 Å². The predicted octanol–water partition coefficient (Wildman–Crippen LogP) is 6.52. The van der Waals surface area contributed by atoms with Crippen LogP contribution in [0.1, 0.15) is 17.5 Å². The lowest BCUT2D eigenvalue weighted by Crippen LogP contribution is -2.34. The first-order valence-corrected chi connectivity index (χ1v) is 12.9. The van der Waals surface area contributed by atoms with Crippen molar-refractivity contribution in [1.29, 1.82) is 0 Å². The summed E-state index contributed by atoms with van der Waals surface area (Å²) in [5.74, 6) is -0.203. The average Bonchev–Trinajstić information content (AvgIpc) is 3.45. The van der Waals surface area contributed by atoms with Crippen LogP contribution in [0.3, 0.4) is 0 Å². The van der Waals surface area contributed by atoms with Gasteiger partial charge in [0.15, 0.2) is 12.7 Å². The SMILES string of the molecule is C=C1/C(=C2\Sc3cc(F)ccc3N2C)S/C(=C\c2scc[n+]2Cc2ccccc2)N1CC. The standard InChI is InChI=1S/C25H23FN3S3/c1-4-29-17(2)24(25-27(3)20-11-10-19(26)14-21(20)31-25)32-23(29)15-22-28(12-13-30-22)16-18-8-6-5-7-9-18/h5-15H,2,4,16H2,1,3H3/q+1/b25-24+. The van der Waals surface area contributed by atoms with E-state index >= 15 is 0 Å². The number of hydrogen-bond donors (Lipinski definition) is 0. The minimum atomic E-state index is -0.203. The average molecular weight is 481 g/mol. The molecule has 2 aliphatic heterocycles. The van der Waals surface area contributed by atoms with Gasteiger partial charge in [0.1, 0.15) is 5.82 Å². The van der Waals surface area contributed by atoms with E-state index < -0.39 is 0 Å². The molecule has 3 heterocycles. The van der Waals surface area contributed by atoms with Crippen LogP contribution >= 0.6 is 34.9 Å². The van der Waals surface area contributed by atoms with Gasteiger partial charge in [-0.15, -0.1) is 0 Å². The van der Waals surface area contributed by atoms with E-state index in [1.165, 1.54) is 21.7 Å². The first-order valence-electron chi connectivity index (χ1n) is 10.4. The molecule has 0 spiro atoms. The molecule has 1 fully saturated rings. The summed E-state index contributed by atoms with van der Waals surface area (Å²) in [6.45, 7) is 8.24. The number of hydrogen-bond acceptors (Lipinski definition) is 5. The molecule has 2 aromatic carbocycles. The van der Waals surface area contributed by atoms with Gasteiger partial charge in [-0.05, 0) is 25.1 Å². The van der Waals surface area contributed by atoms with Crippen LogP contribution in [-0.4, -0.2) is 18.5 Å². The van der Waals surface area contributed by atoms with Crippen LogP contribution in [0.5, 0.6) is 0 Å². The maximum Gasteiger partial charge on any atom is 0.264 e. The van der Waals surface area contributed by atoms with E-state index in [0.29, 0.717) is 0 Å². The number of fused-ring (bicyclic) bond motifs is 1. The van der Waals surface area contributed by atoms with Crippen LogP contribution in [0.2, 0.25) is 0 Å². The summed E-state index contributed by atoms with van der Waals surface area (Å²) < 4.78 is 16.0. The number of halogens is 1. The third kappa shape index (κ3) is 3.89. The summed E-state index contributed by atoms with van der Waals surface area (Å²) in [7, 11) is 2.04. The van der Waals surface area contributed by atoms with Crippen LogP contribution in [0.15, 0.2) is 92.2 Å². The molecule has 5 rings (SSSR count). The van der Waals surface area contributed by atoms with Gasteiger partial charge in [0.2, 0.25) is 0 Å². The number of rotatable bonds is 4. The van der Waals surface area contributed by atoms with Gasteiger partial charge in [0.05, 0.1) is 37.8 Å². The molecular weight excluding hydrogens is 457 g/mol. The Morgan fingerprint density at radius 3 is 2.72 bits per heavy atom. The summed E-state index contributed by atoms with van der Waals surface area (Å²) in [5, 5.41) is 5.60. The van der Waals surface area contributed by atoms with E-state index in [4.69, 9.17) is 0 Å². The van der Waals surface area contributed by atoms with Crippen LogP contribution in [-0.2, 0) is 6.54 Å². The Labute approximate surface area is 200 Å². The van der Waals surface area contributed by atoms with E-state index in [2.05, 4.69) is 69.8 Å². The van der Waals surface area contributed by atoms with Crippen molar-refractivity contribution < 1.29 is 8.96 Å². The van der Waals surface area contributed by atoms with Crippen molar-refractivity contribution in [3.63, 3.8) is 0 Å². The van der Waals surface area contributed by atoms with Crippen LogP contribution in [0.25, 0.3) is 6.08 Å². The molecule has 2 aliphatic rings. The van der Waals surface area contributed by atoms with E-state index in [-0.39, 0.29) is 5.82 Å². The highest BCUT2D eigenvalue weighted by atomic mass is 32.2. The molecule has 3 aromatic rings. The molecule has 1 saturated heterocycles. The molecule has 3 nitrogen and oxygen atoms in total. The lowest BCUT2D eigenvalue weighted by molar-refractivity contribution is -0.685. The fraction of sp³-hybridized carbons (Fsp3) is 0.160. The highest BCUT2D eigenvalue weighted by Gasteiger charge is 2.34. The van der Waals surface area contributed by atoms with Crippen LogP contribution in [0, 0.1) is 5.82 Å². The van der Waals surface area contributed by atoms with Crippen molar-refractivity contribution in [1.82, 2.24) is 4.90 Å². The lowest BCUT2D eigenvalue weighted by atomic mass is 10.2. The summed E-state index contributed by atoms with van der Waals surface area (Å²) >= 11 is 5.10. The summed E-state index contributed by atoms with van der Waals surface area (Å²) in [5.41, 5.74) is 3.31. The molecule has 0 N–H and O–H groups in total. The van der Waals surface area contributed by atoms with Gasteiger partial charge < -0.3 is 9.80 Å². The minimum Gasteiger partial charge on any atom is -0.337 e. The molecule has 0 aliphatic carbocycles. The van der Waals surface area contributed by atoms with Crippen molar-refractivity contribution in [2.45, 2.75) is 18.4 Å². The highest BCUT2D eigenvalue weighted by Crippen LogP contribution is 2.54. The Hall–Kier alpha value is -2.48. The minimum absolute atomic E-state index is 0.203. The Morgan fingerprint density at radius 2 is 1.94 bits per heavy atom. The first kappa shape index (κ1) is 21.4. The zero-order valence-corrected chi connectivity index (χ0v) is 20.4. The quantitative estimate of drug-likeness (QED) is 0.394. The largest absolute Gasteiger partial charge is 0.337 e. The van der Waals surface area contributed by atoms with E-state index in [1.54, 1.807) is 40.9 Å². The molecule has 7 heteroatoms. The van der Waals surface area contributed by atoms with Crippen LogP contribution < -0.4 is 9.47 Å². The summed E-state index contributed by atoms with van der Waals surface area (Å²) in [6, 6.07) is 15.5. The van der Waals surface area contributed by atoms with Crippen molar-refractivity contribution in [2.24, 2.45) is 0 Å². The summed E-state index contributed by atoms with van der Waals surface area (Å²) in [4.78, 5) is 6.48. The maximum atomic E-state index is 13.8. The fourth-order valence-electron chi connectivity index (χ4n) is 3.87. The normalized spacial score (nSPS) is 19.3. The molecule has 0 bridgehead atoms. The second kappa shape index (κ2) is 8.81. The van der Waals surface area contributed by atoms with Crippen LogP contribution in [0.4, 0.5) is 10.1 Å². The fourth-order valence-corrected chi connectivity index (χ4v) is 7.30. The van der Waals surface area contributed by atoms with Gasteiger partial charge in [-0.2, -0.15) is 4.57 Å². The highest BCUT2D eigenvalue weighted by molar-refractivity contribution is 8.09. The second-order valence-corrected chi connectivity index (χ2v) is 10.5. The molecule has 0 radical (unpaired) electrons. The topological polar surface area (TPSA) is 10.4 Å². The van der Waals surface area contributed by atoms with Gasteiger partial charge in [0.25, 0.3) is 5.01 Å². The molecule has 1 aromatic heterocycles. The number of thiazole rings is 1. The second-order valence-electron chi connectivity index (χ2n) is 7.54. The van der Waals surface area contributed by atoms with Gasteiger partial charge >= 0.3 is 0 Å². The predicted molar refractivity (Wildman–Crippen MR) is 135 cm³/mol. The van der Waals surface area contributed by atoms with Crippen molar-refractivity contribution >= 4 is 46.6 Å². The third-order valence-corrected chi connectivity index (χ3v) is 8.90. The monoisotopic (exact) mass is 480 g/mol. The maximum absolute atomic E-state index is 13.8. The zero-order valence-electron chi connectivity index (χ0n) is 17.9. The number of benzene rings is 2. The first-order chi connectivity index (χ1) is 15.5. The van der Waals surface area contributed by atoms with Crippen molar-refractivity contribution in [2.75, 3.05) is 18.5 Å². The van der Waals surface area contributed by atoms with Gasteiger partial charge in [0, 0.05) is 24.1 Å². The summed E-state index contributed by atoms with van der Waals surface area (Å²) in [6.07, 6.45) is 4.40. The number of anilines is 1. The molecular formula is C25H23FN3S3+. The Kier molecular flexibility index (Phi) is 5.88. The number of aromatic nitrogens is 1. The van der Waals surface area contributed by atoms with Gasteiger partial charge in [-0.25, -0.2) is 4.39 Å². The molecule has 162 valence electrons. The number of likely N-dealkylation sites (N-methyl/N-ethyl adjacent to an activating group) is 1. The Balaban J connectivity index is 1.47. The number of thioether (sulfide) groups is 2. The van der Waals surface area contributed by atoms with E-state index in [0.717, 1.165) is 39.3 Å². The third-order valence-electron chi connectivity index (χ3n) is 5.52. The van der Waals surface area contributed by atoms with Gasteiger partial charge in [-0.3, -0.25) is 0 Å². The molecule has 0 unspecified atom stereocenters. The van der Waals surface area contributed by atoms with Crippen molar-refractivity contribution in [3.8, 4) is 0 Å². The molecule has 32 heavy (non-hydrogen) atoms. The van der Waals surface area contributed by atoms with E-state index in [1.807, 2.05) is 19.2 Å². The smallest absolute Gasteiger partial charge is 0.264 e. The number of nitrogens with zero attached hydrogens (tertiary/aromatic N) is 3. The lowest BCUT2D eigenvalue weighted by Gasteiger charge is -2.18.